The second kappa shape index (κ2) is 7.55. The first-order chi connectivity index (χ1) is 14.0. The van der Waals surface area contributed by atoms with Crippen LogP contribution in [0, 0.1) is 17.0 Å². The summed E-state index contributed by atoms with van der Waals surface area (Å²) in [6, 6.07) is 19.4. The standard InChI is InChI=1S/C22H18N4O3/c1-15-24-20-12-18(23-13-17-11-19(26(28)29)8-10-22(17)27)7-9-21(20)25(15)14-16-5-3-2-4-6-16/h2-13,27H,14H2,1H3/p-1. The number of rotatable bonds is 5. The van der Waals surface area contributed by atoms with Gasteiger partial charge in [0.15, 0.2) is 0 Å². The Kier molecular flexibility index (Phi) is 4.78. The summed E-state index contributed by atoms with van der Waals surface area (Å²) in [5, 5.41) is 22.8. The molecule has 7 heteroatoms. The topological polar surface area (TPSA) is 96.4 Å². The molecule has 0 saturated heterocycles. The van der Waals surface area contributed by atoms with Crippen LogP contribution in [-0.2, 0) is 6.54 Å². The molecule has 0 N–H and O–H groups in total. The molecule has 29 heavy (non-hydrogen) atoms. The van der Waals surface area contributed by atoms with Gasteiger partial charge in [-0.3, -0.25) is 15.1 Å². The fraction of sp³-hybridized carbons (Fsp3) is 0.0909. The summed E-state index contributed by atoms with van der Waals surface area (Å²) in [5.41, 5.74) is 3.62. The van der Waals surface area contributed by atoms with E-state index in [1.165, 1.54) is 30.0 Å². The Morgan fingerprint density at radius 3 is 2.66 bits per heavy atom. The lowest BCUT2D eigenvalue weighted by Crippen LogP contribution is -2.01. The van der Waals surface area contributed by atoms with Gasteiger partial charge in [0.1, 0.15) is 5.82 Å². The second-order valence-corrected chi connectivity index (χ2v) is 6.64. The fourth-order valence-corrected chi connectivity index (χ4v) is 3.18. The van der Waals surface area contributed by atoms with E-state index in [9.17, 15) is 15.2 Å². The van der Waals surface area contributed by atoms with Gasteiger partial charge in [-0.15, -0.1) is 0 Å². The summed E-state index contributed by atoms with van der Waals surface area (Å²) in [6.07, 6.45) is 1.35. The van der Waals surface area contributed by atoms with Crippen LogP contribution in [0.1, 0.15) is 17.0 Å². The molecule has 0 saturated carbocycles. The smallest absolute Gasteiger partial charge is 0.270 e. The highest BCUT2D eigenvalue weighted by Gasteiger charge is 2.09. The van der Waals surface area contributed by atoms with E-state index in [0.717, 1.165) is 23.4 Å². The Bertz CT molecular complexity index is 1230. The number of aromatic nitrogens is 2. The van der Waals surface area contributed by atoms with Crippen LogP contribution < -0.4 is 5.11 Å². The highest BCUT2D eigenvalue weighted by atomic mass is 16.6. The van der Waals surface area contributed by atoms with Crippen molar-refractivity contribution in [1.29, 1.82) is 0 Å². The molecule has 0 atom stereocenters. The summed E-state index contributed by atoms with van der Waals surface area (Å²) in [6.45, 7) is 2.68. The van der Waals surface area contributed by atoms with Gasteiger partial charge < -0.3 is 9.67 Å². The molecule has 144 valence electrons. The highest BCUT2D eigenvalue weighted by molar-refractivity contribution is 5.87. The molecular formula is C22H17N4O3-. The molecule has 4 aromatic rings. The van der Waals surface area contributed by atoms with Crippen LogP contribution in [0.3, 0.4) is 0 Å². The third-order valence-corrected chi connectivity index (χ3v) is 4.66. The van der Waals surface area contributed by atoms with E-state index < -0.39 is 4.92 Å². The van der Waals surface area contributed by atoms with E-state index in [-0.39, 0.29) is 17.0 Å². The van der Waals surface area contributed by atoms with E-state index in [1.807, 2.05) is 43.3 Å². The van der Waals surface area contributed by atoms with Gasteiger partial charge in [0.2, 0.25) is 0 Å². The van der Waals surface area contributed by atoms with Crippen molar-refractivity contribution in [2.75, 3.05) is 0 Å². The van der Waals surface area contributed by atoms with Crippen LogP contribution in [0.5, 0.6) is 5.75 Å². The minimum Gasteiger partial charge on any atom is -0.872 e. The number of nitrogens with zero attached hydrogens (tertiary/aromatic N) is 4. The van der Waals surface area contributed by atoms with Crippen molar-refractivity contribution < 1.29 is 10.0 Å². The van der Waals surface area contributed by atoms with E-state index in [0.29, 0.717) is 5.69 Å². The van der Waals surface area contributed by atoms with Crippen LogP contribution >= 0.6 is 0 Å². The van der Waals surface area contributed by atoms with Crippen LogP contribution in [0.2, 0.25) is 0 Å². The number of aliphatic imine (C=N–C) groups is 1. The molecular weight excluding hydrogens is 368 g/mol. The predicted octanol–water partition coefficient (Wildman–Crippen LogP) is 4.13. The fourth-order valence-electron chi connectivity index (χ4n) is 3.18. The van der Waals surface area contributed by atoms with Crippen molar-refractivity contribution in [1.82, 2.24) is 9.55 Å². The van der Waals surface area contributed by atoms with Gasteiger partial charge in [0.05, 0.1) is 21.6 Å². The van der Waals surface area contributed by atoms with Crippen molar-refractivity contribution in [3.8, 4) is 5.75 Å². The molecule has 0 spiro atoms. The number of imidazole rings is 1. The van der Waals surface area contributed by atoms with E-state index in [2.05, 4.69) is 26.7 Å². The highest BCUT2D eigenvalue weighted by Crippen LogP contribution is 2.24. The van der Waals surface area contributed by atoms with Crippen LogP contribution in [-0.4, -0.2) is 20.7 Å². The van der Waals surface area contributed by atoms with Crippen molar-refractivity contribution in [3.63, 3.8) is 0 Å². The summed E-state index contributed by atoms with van der Waals surface area (Å²) in [7, 11) is 0. The Morgan fingerprint density at radius 1 is 1.10 bits per heavy atom. The maximum absolute atomic E-state index is 11.9. The number of fused-ring (bicyclic) bond motifs is 1. The molecule has 7 nitrogen and oxygen atoms in total. The summed E-state index contributed by atoms with van der Waals surface area (Å²) in [4.78, 5) is 19.3. The normalized spacial score (nSPS) is 11.3. The zero-order valence-electron chi connectivity index (χ0n) is 15.6. The molecule has 3 aromatic carbocycles. The van der Waals surface area contributed by atoms with Gasteiger partial charge >= 0.3 is 0 Å². The number of non-ortho nitro benzene ring substituents is 1. The Balaban J connectivity index is 1.64. The van der Waals surface area contributed by atoms with Crippen LogP contribution in [0.25, 0.3) is 11.0 Å². The molecule has 0 aliphatic heterocycles. The molecule has 0 aliphatic carbocycles. The Morgan fingerprint density at radius 2 is 1.90 bits per heavy atom. The minimum atomic E-state index is -0.537. The number of nitro groups is 1. The maximum atomic E-state index is 11.9. The van der Waals surface area contributed by atoms with Gasteiger partial charge in [-0.25, -0.2) is 4.98 Å². The van der Waals surface area contributed by atoms with Gasteiger partial charge in [-0.05, 0) is 36.2 Å². The molecule has 0 amide bonds. The van der Waals surface area contributed by atoms with Gasteiger partial charge in [-0.1, -0.05) is 42.1 Å². The Hall–Kier alpha value is -4.00. The first-order valence-electron chi connectivity index (χ1n) is 9.01. The molecule has 0 fully saturated rings. The van der Waals surface area contributed by atoms with E-state index >= 15 is 0 Å². The van der Waals surface area contributed by atoms with Crippen molar-refractivity contribution in [2.45, 2.75) is 13.5 Å². The minimum absolute atomic E-state index is 0.142. The molecule has 0 radical (unpaired) electrons. The molecule has 1 aromatic heterocycles. The van der Waals surface area contributed by atoms with Gasteiger partial charge in [0, 0.05) is 24.9 Å². The lowest BCUT2D eigenvalue weighted by atomic mass is 10.2. The summed E-state index contributed by atoms with van der Waals surface area (Å²) >= 11 is 0. The van der Waals surface area contributed by atoms with Crippen LogP contribution in [0.15, 0.2) is 71.7 Å². The number of hydrogen-bond donors (Lipinski definition) is 0. The van der Waals surface area contributed by atoms with Crippen molar-refractivity contribution in [3.05, 3.63) is 93.8 Å². The van der Waals surface area contributed by atoms with Crippen molar-refractivity contribution >= 4 is 28.6 Å². The number of hydrogen-bond acceptors (Lipinski definition) is 5. The van der Waals surface area contributed by atoms with Crippen LogP contribution in [0.4, 0.5) is 11.4 Å². The lowest BCUT2D eigenvalue weighted by molar-refractivity contribution is -0.385. The van der Waals surface area contributed by atoms with E-state index in [4.69, 9.17) is 0 Å². The molecule has 4 rings (SSSR count). The van der Waals surface area contributed by atoms with E-state index in [1.54, 1.807) is 0 Å². The number of benzene rings is 3. The third kappa shape index (κ3) is 3.84. The number of aryl methyl sites for hydroxylation is 1. The SMILES string of the molecule is Cc1nc2cc(N=Cc3cc([N+](=O)[O-])ccc3[O-])ccc2n1Cc1ccccc1. The first-order valence-corrected chi connectivity index (χ1v) is 9.01. The summed E-state index contributed by atoms with van der Waals surface area (Å²) in [5.74, 6) is 0.578. The zero-order chi connectivity index (χ0) is 20.4. The quantitative estimate of drug-likeness (QED) is 0.293. The van der Waals surface area contributed by atoms with Gasteiger partial charge in [0.25, 0.3) is 5.69 Å². The third-order valence-electron chi connectivity index (χ3n) is 4.66. The second-order valence-electron chi connectivity index (χ2n) is 6.64. The predicted molar refractivity (Wildman–Crippen MR) is 110 cm³/mol. The largest absolute Gasteiger partial charge is 0.872 e. The monoisotopic (exact) mass is 385 g/mol. The molecule has 0 unspecified atom stereocenters. The average Bonchev–Trinajstić information content (AvgIpc) is 3.02. The zero-order valence-corrected chi connectivity index (χ0v) is 15.6. The van der Waals surface area contributed by atoms with Gasteiger partial charge in [-0.2, -0.15) is 0 Å². The summed E-state index contributed by atoms with van der Waals surface area (Å²) < 4.78 is 2.13. The Labute approximate surface area is 166 Å². The average molecular weight is 385 g/mol. The first kappa shape index (κ1) is 18.4. The maximum Gasteiger partial charge on any atom is 0.270 e. The lowest BCUT2D eigenvalue weighted by Gasteiger charge is -2.08. The van der Waals surface area contributed by atoms with Crippen molar-refractivity contribution in [2.24, 2.45) is 4.99 Å². The molecule has 0 aliphatic rings. The number of nitro benzene ring substituents is 1. The molecule has 1 heterocycles. The molecule has 0 bridgehead atoms.